The van der Waals surface area contributed by atoms with Gasteiger partial charge in [0.05, 0.1) is 6.10 Å². The molecule has 2 saturated carbocycles. The average Bonchev–Trinajstić information content (AvgIpc) is 3.10. The van der Waals surface area contributed by atoms with Crippen molar-refractivity contribution >= 4 is 0 Å². The van der Waals surface area contributed by atoms with Crippen LogP contribution < -0.4 is 0 Å². The van der Waals surface area contributed by atoms with Crippen LogP contribution in [0.4, 0.5) is 0 Å². The fraction of sp³-hybridized carbons (Fsp3) is 0.871. The van der Waals surface area contributed by atoms with Gasteiger partial charge in [-0.1, -0.05) is 76.7 Å². The van der Waals surface area contributed by atoms with E-state index < -0.39 is 0 Å². The van der Waals surface area contributed by atoms with Crippen molar-refractivity contribution in [2.45, 2.75) is 125 Å². The maximum Gasteiger partial charge on any atom is 0.0608 e. The Morgan fingerprint density at radius 2 is 1.78 bits per heavy atom. The minimum absolute atomic E-state index is 0.136. The second-order valence-corrected chi connectivity index (χ2v) is 13.3. The number of allylic oxidation sites excluding steroid dienone is 3. The summed E-state index contributed by atoms with van der Waals surface area (Å²) in [5.74, 6) is 4.50. The van der Waals surface area contributed by atoms with Crippen LogP contribution in [0.2, 0.25) is 0 Å². The smallest absolute Gasteiger partial charge is 0.0608 e. The molecule has 1 unspecified atom stereocenters. The second-order valence-electron chi connectivity index (χ2n) is 13.3. The summed E-state index contributed by atoms with van der Waals surface area (Å²) in [5.41, 5.74) is 6.05. The molecule has 1 heteroatoms. The molecule has 0 radical (unpaired) electrons. The summed E-state index contributed by atoms with van der Waals surface area (Å²) >= 11 is 0. The third kappa shape index (κ3) is 3.97. The maximum atomic E-state index is 11.0. The highest BCUT2D eigenvalue weighted by Gasteiger charge is 2.57. The van der Waals surface area contributed by atoms with Crippen LogP contribution in [-0.2, 0) is 0 Å². The summed E-state index contributed by atoms with van der Waals surface area (Å²) in [7, 11) is 0. The van der Waals surface area contributed by atoms with Crippen molar-refractivity contribution in [3.8, 4) is 0 Å². The Labute approximate surface area is 199 Å². The Hall–Kier alpha value is -0.560. The fourth-order valence-corrected chi connectivity index (χ4v) is 9.40. The first-order valence-corrected chi connectivity index (χ1v) is 14.2. The molecule has 1 N–H and O–H groups in total. The molecule has 2 fully saturated rings. The number of hydrogen-bond acceptors (Lipinski definition) is 1. The quantitative estimate of drug-likeness (QED) is 0.409. The summed E-state index contributed by atoms with van der Waals surface area (Å²) in [6.45, 7) is 17.0. The van der Waals surface area contributed by atoms with Gasteiger partial charge in [-0.2, -0.15) is 0 Å². The zero-order valence-electron chi connectivity index (χ0n) is 22.3. The Morgan fingerprint density at radius 3 is 2.47 bits per heavy atom. The van der Waals surface area contributed by atoms with Crippen LogP contribution >= 0.6 is 0 Å². The SMILES string of the molecule is C/C=C(\C)C1[C@@H](O)CC[C@]2(C)C3=C(CC[C@@H]12)[C@@H]1CC[C@H]([C@H](C)CCCC(C)C)[C@@]1(C)CC3. The molecule has 0 amide bonds. The number of hydrogen-bond donors (Lipinski definition) is 1. The molecule has 1 nitrogen and oxygen atoms in total. The molecule has 0 aliphatic heterocycles. The monoisotopic (exact) mass is 440 g/mol. The minimum atomic E-state index is -0.136. The topological polar surface area (TPSA) is 20.2 Å². The highest BCUT2D eigenvalue weighted by Crippen LogP contribution is 2.67. The van der Waals surface area contributed by atoms with E-state index in [0.717, 1.165) is 30.1 Å². The zero-order valence-corrected chi connectivity index (χ0v) is 22.3. The van der Waals surface area contributed by atoms with Crippen LogP contribution in [0.15, 0.2) is 22.8 Å². The molecule has 0 bridgehead atoms. The van der Waals surface area contributed by atoms with Crippen molar-refractivity contribution in [2.24, 2.45) is 46.3 Å². The summed E-state index contributed by atoms with van der Waals surface area (Å²) in [6.07, 6.45) is 16.8. The van der Waals surface area contributed by atoms with E-state index in [9.17, 15) is 5.11 Å². The lowest BCUT2D eigenvalue weighted by atomic mass is 9.48. The third-order valence-electron chi connectivity index (χ3n) is 11.3. The summed E-state index contributed by atoms with van der Waals surface area (Å²) in [5, 5.41) is 11.0. The van der Waals surface area contributed by atoms with Crippen molar-refractivity contribution in [3.05, 3.63) is 22.8 Å². The standard InChI is InChI=1S/C31H52O/c1-8-21(4)29-27-13-12-23-25-15-14-24(22(5)11-9-10-20(2)3)30(25,6)18-16-26(23)31(27,7)19-17-28(29)32/h8,20,22,24-25,27-29,32H,9-19H2,1-7H3/b21-8+/t22-,24-,25+,27+,28+,29?,30-,31-/m1/s1. The van der Waals surface area contributed by atoms with Crippen LogP contribution in [0.5, 0.6) is 0 Å². The lowest BCUT2D eigenvalue weighted by molar-refractivity contribution is -0.0262. The van der Waals surface area contributed by atoms with Gasteiger partial charge in [0.1, 0.15) is 0 Å². The number of rotatable bonds is 6. The highest BCUT2D eigenvalue weighted by molar-refractivity contribution is 5.36. The fourth-order valence-electron chi connectivity index (χ4n) is 9.40. The van der Waals surface area contributed by atoms with E-state index >= 15 is 0 Å². The molecular weight excluding hydrogens is 388 g/mol. The van der Waals surface area contributed by atoms with Gasteiger partial charge in [0, 0.05) is 5.92 Å². The Morgan fingerprint density at radius 1 is 1.03 bits per heavy atom. The summed E-state index contributed by atoms with van der Waals surface area (Å²) < 4.78 is 0. The largest absolute Gasteiger partial charge is 0.392 e. The molecule has 4 aliphatic carbocycles. The predicted molar refractivity (Wildman–Crippen MR) is 137 cm³/mol. The third-order valence-corrected chi connectivity index (χ3v) is 11.3. The number of aliphatic hydroxyl groups is 1. The molecule has 0 spiro atoms. The first-order chi connectivity index (χ1) is 15.1. The molecule has 0 aromatic carbocycles. The molecule has 182 valence electrons. The molecule has 4 rings (SSSR count). The molecule has 8 atom stereocenters. The Bertz CT molecular complexity index is 744. The Balaban J connectivity index is 1.58. The molecular formula is C31H52O. The maximum absolute atomic E-state index is 11.0. The van der Waals surface area contributed by atoms with Crippen LogP contribution in [0.1, 0.15) is 119 Å². The van der Waals surface area contributed by atoms with Gasteiger partial charge in [0.15, 0.2) is 0 Å². The van der Waals surface area contributed by atoms with Crippen molar-refractivity contribution < 1.29 is 5.11 Å². The van der Waals surface area contributed by atoms with Crippen molar-refractivity contribution in [1.29, 1.82) is 0 Å². The molecule has 0 aromatic heterocycles. The van der Waals surface area contributed by atoms with E-state index in [0.29, 0.717) is 22.7 Å². The molecule has 0 saturated heterocycles. The van der Waals surface area contributed by atoms with Crippen LogP contribution in [-0.4, -0.2) is 11.2 Å². The van der Waals surface area contributed by atoms with E-state index in [1.807, 2.05) is 11.1 Å². The van der Waals surface area contributed by atoms with Crippen molar-refractivity contribution in [1.82, 2.24) is 0 Å². The van der Waals surface area contributed by atoms with Crippen LogP contribution in [0.3, 0.4) is 0 Å². The van der Waals surface area contributed by atoms with Crippen LogP contribution in [0, 0.1) is 46.3 Å². The lowest BCUT2D eigenvalue weighted by Gasteiger charge is -2.57. The first kappa shape index (κ1) is 24.6. The van der Waals surface area contributed by atoms with Crippen LogP contribution in [0.25, 0.3) is 0 Å². The lowest BCUT2D eigenvalue weighted by Crippen LogP contribution is -2.50. The second kappa shape index (κ2) is 9.24. The Kier molecular flexibility index (Phi) is 7.09. The first-order valence-electron chi connectivity index (χ1n) is 14.2. The summed E-state index contributed by atoms with van der Waals surface area (Å²) in [4.78, 5) is 0. The highest BCUT2D eigenvalue weighted by atomic mass is 16.3. The number of aliphatic hydroxyl groups excluding tert-OH is 1. The van der Waals surface area contributed by atoms with Gasteiger partial charge in [-0.25, -0.2) is 0 Å². The van der Waals surface area contributed by atoms with Crippen molar-refractivity contribution in [2.75, 3.05) is 0 Å². The van der Waals surface area contributed by atoms with Gasteiger partial charge >= 0.3 is 0 Å². The minimum Gasteiger partial charge on any atom is -0.392 e. The van der Waals surface area contributed by atoms with Gasteiger partial charge < -0.3 is 5.11 Å². The van der Waals surface area contributed by atoms with E-state index in [-0.39, 0.29) is 6.10 Å². The van der Waals surface area contributed by atoms with E-state index in [1.54, 1.807) is 0 Å². The molecule has 0 heterocycles. The average molecular weight is 441 g/mol. The van der Waals surface area contributed by atoms with Gasteiger partial charge in [-0.05, 0) is 106 Å². The molecule has 4 aliphatic rings. The van der Waals surface area contributed by atoms with E-state index in [1.165, 1.54) is 69.8 Å². The zero-order chi connectivity index (χ0) is 23.3. The van der Waals surface area contributed by atoms with Gasteiger partial charge in [-0.15, -0.1) is 0 Å². The normalized spacial score (nSPS) is 43.2. The number of fused-ring (bicyclic) bond motifs is 4. The molecule has 32 heavy (non-hydrogen) atoms. The van der Waals surface area contributed by atoms with E-state index in [4.69, 9.17) is 0 Å². The van der Waals surface area contributed by atoms with Gasteiger partial charge in [0.2, 0.25) is 0 Å². The van der Waals surface area contributed by atoms with E-state index in [2.05, 4.69) is 54.5 Å². The van der Waals surface area contributed by atoms with Crippen molar-refractivity contribution in [3.63, 3.8) is 0 Å². The van der Waals surface area contributed by atoms with Gasteiger partial charge in [0.25, 0.3) is 0 Å². The molecule has 0 aromatic rings. The predicted octanol–water partition coefficient (Wildman–Crippen LogP) is 8.73. The van der Waals surface area contributed by atoms with Gasteiger partial charge in [-0.3, -0.25) is 0 Å². The summed E-state index contributed by atoms with van der Waals surface area (Å²) in [6, 6.07) is 0.